The van der Waals surface area contributed by atoms with Crippen LogP contribution in [0, 0.1) is 6.92 Å². The van der Waals surface area contributed by atoms with Crippen LogP contribution >= 0.6 is 23.1 Å². The van der Waals surface area contributed by atoms with E-state index in [1.807, 2.05) is 11.3 Å². The molecule has 0 aliphatic carbocycles. The minimum atomic E-state index is 0.719. The van der Waals surface area contributed by atoms with E-state index >= 15 is 0 Å². The van der Waals surface area contributed by atoms with Gasteiger partial charge in [-0.05, 0) is 32.0 Å². The van der Waals surface area contributed by atoms with Crippen LogP contribution in [0.15, 0.2) is 12.1 Å². The van der Waals surface area contributed by atoms with Crippen LogP contribution in [0.5, 0.6) is 0 Å². The molecule has 1 saturated heterocycles. The quantitative estimate of drug-likeness (QED) is 0.790. The van der Waals surface area contributed by atoms with Crippen LogP contribution in [0.25, 0.3) is 0 Å². The molecule has 1 atom stereocenters. The highest BCUT2D eigenvalue weighted by molar-refractivity contribution is 7.99. The van der Waals surface area contributed by atoms with Gasteiger partial charge in [-0.3, -0.25) is 0 Å². The smallest absolute Gasteiger partial charge is 0.0299 e. The van der Waals surface area contributed by atoms with Gasteiger partial charge >= 0.3 is 0 Å². The maximum atomic E-state index is 3.56. The van der Waals surface area contributed by atoms with Gasteiger partial charge in [0.1, 0.15) is 0 Å². The normalized spacial score (nSPS) is 21.2. The Morgan fingerprint density at radius 1 is 1.50 bits per heavy atom. The molecule has 1 aliphatic rings. The van der Waals surface area contributed by atoms with Crippen molar-refractivity contribution in [2.24, 2.45) is 0 Å². The Labute approximate surface area is 106 Å². The fourth-order valence-electron chi connectivity index (χ4n) is 1.87. The molecule has 0 amide bonds. The van der Waals surface area contributed by atoms with Gasteiger partial charge in [-0.25, -0.2) is 0 Å². The van der Waals surface area contributed by atoms with Crippen molar-refractivity contribution in [2.75, 3.05) is 24.6 Å². The molecule has 1 aromatic rings. The van der Waals surface area contributed by atoms with Crippen molar-refractivity contribution >= 4 is 23.1 Å². The van der Waals surface area contributed by atoms with Gasteiger partial charge < -0.3 is 10.6 Å². The predicted molar refractivity (Wildman–Crippen MR) is 74.5 cm³/mol. The van der Waals surface area contributed by atoms with E-state index in [1.165, 1.54) is 34.2 Å². The first-order chi connectivity index (χ1) is 7.84. The van der Waals surface area contributed by atoms with Gasteiger partial charge in [-0.1, -0.05) is 0 Å². The largest absolute Gasteiger partial charge is 0.312 e. The SMILES string of the molecule is Cc1ccc(CNCCC2CSCCN2)s1. The summed E-state index contributed by atoms with van der Waals surface area (Å²) >= 11 is 3.96. The van der Waals surface area contributed by atoms with Gasteiger partial charge in [0.05, 0.1) is 0 Å². The molecule has 2 nitrogen and oxygen atoms in total. The van der Waals surface area contributed by atoms with Crippen LogP contribution in [-0.4, -0.2) is 30.6 Å². The van der Waals surface area contributed by atoms with Crippen LogP contribution in [0.1, 0.15) is 16.2 Å². The minimum absolute atomic E-state index is 0.719. The lowest BCUT2D eigenvalue weighted by molar-refractivity contribution is 0.504. The number of thiophene rings is 1. The van der Waals surface area contributed by atoms with E-state index in [9.17, 15) is 0 Å². The molecule has 1 fully saturated rings. The lowest BCUT2D eigenvalue weighted by Gasteiger charge is -2.23. The third-order valence-corrected chi connectivity index (χ3v) is 4.89. The number of thioether (sulfide) groups is 1. The fraction of sp³-hybridized carbons (Fsp3) is 0.667. The summed E-state index contributed by atoms with van der Waals surface area (Å²) in [5.41, 5.74) is 0. The molecular weight excluding hydrogens is 236 g/mol. The van der Waals surface area contributed by atoms with Gasteiger partial charge in [0.25, 0.3) is 0 Å². The van der Waals surface area contributed by atoms with Crippen LogP contribution in [-0.2, 0) is 6.54 Å². The van der Waals surface area contributed by atoms with Crippen LogP contribution in [0.4, 0.5) is 0 Å². The summed E-state index contributed by atoms with van der Waals surface area (Å²) in [4.78, 5) is 2.85. The molecule has 1 aliphatic heterocycles. The molecule has 4 heteroatoms. The third-order valence-electron chi connectivity index (χ3n) is 2.76. The molecule has 1 unspecified atom stereocenters. The zero-order valence-electron chi connectivity index (χ0n) is 9.79. The van der Waals surface area contributed by atoms with E-state index in [1.54, 1.807) is 0 Å². The summed E-state index contributed by atoms with van der Waals surface area (Å²) in [6, 6.07) is 5.14. The predicted octanol–water partition coefficient (Wildman–Crippen LogP) is 2.24. The summed E-state index contributed by atoms with van der Waals surface area (Å²) < 4.78 is 0. The van der Waals surface area contributed by atoms with Gasteiger partial charge in [0.2, 0.25) is 0 Å². The second-order valence-electron chi connectivity index (χ2n) is 4.20. The maximum absolute atomic E-state index is 3.56. The molecule has 2 heterocycles. The average Bonchev–Trinajstić information content (AvgIpc) is 2.72. The second-order valence-corrected chi connectivity index (χ2v) is 6.73. The lowest BCUT2D eigenvalue weighted by Crippen LogP contribution is -2.39. The van der Waals surface area contributed by atoms with Crippen molar-refractivity contribution in [3.63, 3.8) is 0 Å². The van der Waals surface area contributed by atoms with Crippen LogP contribution in [0.2, 0.25) is 0 Å². The molecule has 0 radical (unpaired) electrons. The molecule has 0 bridgehead atoms. The van der Waals surface area contributed by atoms with Crippen molar-refractivity contribution in [3.05, 3.63) is 21.9 Å². The molecule has 2 rings (SSSR count). The zero-order chi connectivity index (χ0) is 11.2. The monoisotopic (exact) mass is 256 g/mol. The third kappa shape index (κ3) is 4.09. The number of nitrogens with one attached hydrogen (secondary N) is 2. The number of aryl methyl sites for hydroxylation is 1. The molecule has 2 N–H and O–H groups in total. The van der Waals surface area contributed by atoms with E-state index in [4.69, 9.17) is 0 Å². The van der Waals surface area contributed by atoms with E-state index in [2.05, 4.69) is 41.5 Å². The zero-order valence-corrected chi connectivity index (χ0v) is 11.4. The first-order valence-corrected chi connectivity index (χ1v) is 7.89. The van der Waals surface area contributed by atoms with E-state index in [0.717, 1.165) is 19.1 Å². The Bertz CT molecular complexity index is 306. The fourth-order valence-corrected chi connectivity index (χ4v) is 3.73. The maximum Gasteiger partial charge on any atom is 0.0299 e. The summed E-state index contributed by atoms with van der Waals surface area (Å²) in [5.74, 6) is 2.55. The lowest BCUT2D eigenvalue weighted by atomic mass is 10.2. The molecule has 16 heavy (non-hydrogen) atoms. The summed E-state index contributed by atoms with van der Waals surface area (Å²) in [7, 11) is 0. The Morgan fingerprint density at radius 3 is 3.12 bits per heavy atom. The summed E-state index contributed by atoms with van der Waals surface area (Å²) in [5, 5.41) is 7.09. The van der Waals surface area contributed by atoms with Crippen molar-refractivity contribution in [2.45, 2.75) is 25.9 Å². The molecular formula is C12H20N2S2. The first-order valence-electron chi connectivity index (χ1n) is 5.92. The van der Waals surface area contributed by atoms with Crippen molar-refractivity contribution < 1.29 is 0 Å². The van der Waals surface area contributed by atoms with Gasteiger partial charge in [-0.15, -0.1) is 11.3 Å². The standard InChI is InChI=1S/C12H20N2S2/c1-10-2-3-12(16-10)8-13-5-4-11-9-15-7-6-14-11/h2-3,11,13-14H,4-9H2,1H3. The average molecular weight is 256 g/mol. The molecule has 0 saturated carbocycles. The summed E-state index contributed by atoms with van der Waals surface area (Å²) in [6.07, 6.45) is 1.25. The number of hydrogen-bond donors (Lipinski definition) is 2. The molecule has 1 aromatic heterocycles. The molecule has 0 aromatic carbocycles. The van der Waals surface area contributed by atoms with Gasteiger partial charge in [-0.2, -0.15) is 11.8 Å². The van der Waals surface area contributed by atoms with Crippen molar-refractivity contribution in [3.8, 4) is 0 Å². The highest BCUT2D eigenvalue weighted by Gasteiger charge is 2.11. The number of rotatable bonds is 5. The Kier molecular flexibility index (Phi) is 5.16. The Hall–Kier alpha value is -0.0300. The Balaban J connectivity index is 1.57. The molecule has 0 spiro atoms. The molecule has 90 valence electrons. The van der Waals surface area contributed by atoms with E-state index < -0.39 is 0 Å². The topological polar surface area (TPSA) is 24.1 Å². The highest BCUT2D eigenvalue weighted by atomic mass is 32.2. The Morgan fingerprint density at radius 2 is 2.44 bits per heavy atom. The van der Waals surface area contributed by atoms with Gasteiger partial charge in [0.15, 0.2) is 0 Å². The first kappa shape index (κ1) is 12.4. The number of hydrogen-bond acceptors (Lipinski definition) is 4. The van der Waals surface area contributed by atoms with E-state index in [-0.39, 0.29) is 0 Å². The summed E-state index contributed by atoms with van der Waals surface area (Å²) in [6.45, 7) is 5.49. The van der Waals surface area contributed by atoms with Crippen molar-refractivity contribution in [1.29, 1.82) is 0 Å². The van der Waals surface area contributed by atoms with Crippen LogP contribution in [0.3, 0.4) is 0 Å². The second kappa shape index (κ2) is 6.64. The van der Waals surface area contributed by atoms with Gasteiger partial charge in [0, 0.05) is 40.4 Å². The van der Waals surface area contributed by atoms with E-state index in [0.29, 0.717) is 0 Å². The minimum Gasteiger partial charge on any atom is -0.312 e. The van der Waals surface area contributed by atoms with Crippen LogP contribution < -0.4 is 10.6 Å². The highest BCUT2D eigenvalue weighted by Crippen LogP contribution is 2.14. The van der Waals surface area contributed by atoms with Crippen molar-refractivity contribution in [1.82, 2.24) is 10.6 Å².